The Bertz CT molecular complexity index is 348. The highest BCUT2D eigenvalue weighted by atomic mass is 19.3. The number of hydrogen-bond donors (Lipinski definition) is 0. The molecule has 1 heterocycles. The summed E-state index contributed by atoms with van der Waals surface area (Å²) in [4.78, 5) is 26.2. The Labute approximate surface area is 117 Å². The van der Waals surface area contributed by atoms with Crippen molar-refractivity contribution in [3.05, 3.63) is 0 Å². The summed E-state index contributed by atoms with van der Waals surface area (Å²) in [6.07, 6.45) is -3.40. The van der Waals surface area contributed by atoms with Crippen molar-refractivity contribution in [1.29, 1.82) is 0 Å². The topological polar surface area (TPSA) is 49.9 Å². The molecule has 0 aromatic heterocycles. The first kappa shape index (κ1) is 16.8. The molecule has 0 atom stereocenters. The van der Waals surface area contributed by atoms with Gasteiger partial charge in [-0.2, -0.15) is 0 Å². The van der Waals surface area contributed by atoms with Crippen LogP contribution in [0.4, 0.5) is 13.6 Å². The Morgan fingerprint density at radius 3 is 2.15 bits per heavy atom. The largest absolute Gasteiger partial charge is 0.444 e. The molecule has 0 N–H and O–H groups in total. The van der Waals surface area contributed by atoms with Crippen LogP contribution in [-0.2, 0) is 9.53 Å². The maximum atomic E-state index is 12.1. The Morgan fingerprint density at radius 2 is 1.70 bits per heavy atom. The number of ketones is 1. The molecule has 0 aromatic rings. The Hall–Kier alpha value is -1.24. The first-order chi connectivity index (χ1) is 9.19. The first-order valence-electron chi connectivity index (χ1n) is 6.70. The van der Waals surface area contributed by atoms with E-state index in [4.69, 9.17) is 4.74 Å². The second-order valence-corrected chi connectivity index (χ2v) is 5.83. The van der Waals surface area contributed by atoms with Crippen molar-refractivity contribution in [3.63, 3.8) is 0 Å². The fourth-order valence-electron chi connectivity index (χ4n) is 1.86. The number of piperazine rings is 1. The van der Waals surface area contributed by atoms with Gasteiger partial charge in [-0.1, -0.05) is 0 Å². The van der Waals surface area contributed by atoms with Crippen LogP contribution in [-0.4, -0.2) is 66.4 Å². The van der Waals surface area contributed by atoms with Crippen LogP contribution in [0.5, 0.6) is 0 Å². The third-order valence-corrected chi connectivity index (χ3v) is 2.94. The van der Waals surface area contributed by atoms with Crippen molar-refractivity contribution in [2.24, 2.45) is 0 Å². The number of carbonyl (C=O) groups is 2. The fraction of sp³-hybridized carbons (Fsp3) is 0.846. The van der Waals surface area contributed by atoms with E-state index in [-0.39, 0.29) is 12.5 Å². The number of carbonyl (C=O) groups excluding carboxylic acids is 2. The predicted octanol–water partition coefficient (Wildman–Crippen LogP) is 1.76. The van der Waals surface area contributed by atoms with Crippen molar-refractivity contribution in [2.75, 3.05) is 32.7 Å². The van der Waals surface area contributed by atoms with Crippen molar-refractivity contribution < 1.29 is 23.1 Å². The highest BCUT2D eigenvalue weighted by molar-refractivity contribution is 5.81. The minimum Gasteiger partial charge on any atom is -0.444 e. The normalized spacial score (nSPS) is 17.4. The van der Waals surface area contributed by atoms with Gasteiger partial charge in [0, 0.05) is 39.1 Å². The van der Waals surface area contributed by atoms with E-state index in [1.165, 1.54) is 0 Å². The molecule has 5 nitrogen and oxygen atoms in total. The molecule has 0 saturated carbocycles. The van der Waals surface area contributed by atoms with Gasteiger partial charge < -0.3 is 9.64 Å². The summed E-state index contributed by atoms with van der Waals surface area (Å²) in [6.45, 7) is 7.82. The lowest BCUT2D eigenvalue weighted by atomic mass is 10.2. The molecule has 1 saturated heterocycles. The third-order valence-electron chi connectivity index (χ3n) is 2.94. The van der Waals surface area contributed by atoms with E-state index in [9.17, 15) is 18.4 Å². The third kappa shape index (κ3) is 5.81. The number of amides is 1. The van der Waals surface area contributed by atoms with Gasteiger partial charge in [0.1, 0.15) is 5.60 Å². The average Bonchev–Trinajstić information content (AvgIpc) is 2.34. The summed E-state index contributed by atoms with van der Waals surface area (Å²) in [5, 5.41) is 0. The lowest BCUT2D eigenvalue weighted by Crippen LogP contribution is -2.50. The van der Waals surface area contributed by atoms with Gasteiger partial charge >= 0.3 is 6.09 Å². The van der Waals surface area contributed by atoms with Crippen LogP contribution in [0.1, 0.15) is 27.2 Å². The van der Waals surface area contributed by atoms with E-state index in [1.807, 2.05) is 4.90 Å². The Kier molecular flexibility index (Phi) is 5.86. The van der Waals surface area contributed by atoms with Crippen molar-refractivity contribution >= 4 is 11.9 Å². The monoisotopic (exact) mass is 292 g/mol. The average molecular weight is 292 g/mol. The highest BCUT2D eigenvalue weighted by Gasteiger charge is 2.26. The van der Waals surface area contributed by atoms with E-state index < -0.39 is 17.8 Å². The van der Waals surface area contributed by atoms with E-state index >= 15 is 0 Å². The molecular formula is C13H22F2N2O3. The lowest BCUT2D eigenvalue weighted by Gasteiger charge is -2.35. The highest BCUT2D eigenvalue weighted by Crippen LogP contribution is 2.12. The number of nitrogens with zero attached hydrogens (tertiary/aromatic N) is 2. The van der Waals surface area contributed by atoms with Crippen LogP contribution in [0, 0.1) is 0 Å². The molecular weight excluding hydrogens is 270 g/mol. The van der Waals surface area contributed by atoms with Crippen LogP contribution < -0.4 is 0 Å². The molecule has 0 spiro atoms. The molecule has 1 rings (SSSR count). The van der Waals surface area contributed by atoms with Gasteiger partial charge in [0.05, 0.1) is 0 Å². The van der Waals surface area contributed by atoms with Crippen molar-refractivity contribution in [3.8, 4) is 0 Å². The second kappa shape index (κ2) is 6.97. The maximum absolute atomic E-state index is 12.1. The molecule has 0 unspecified atom stereocenters. The van der Waals surface area contributed by atoms with Gasteiger partial charge in [-0.15, -0.1) is 0 Å². The molecule has 1 fully saturated rings. The maximum Gasteiger partial charge on any atom is 0.410 e. The number of halogens is 2. The van der Waals surface area contributed by atoms with Gasteiger partial charge in [0.2, 0.25) is 0 Å². The zero-order chi connectivity index (χ0) is 15.3. The Morgan fingerprint density at radius 1 is 1.15 bits per heavy atom. The summed E-state index contributed by atoms with van der Waals surface area (Å²) in [5.41, 5.74) is -0.530. The molecule has 20 heavy (non-hydrogen) atoms. The number of hydrogen-bond acceptors (Lipinski definition) is 4. The second-order valence-electron chi connectivity index (χ2n) is 5.83. The zero-order valence-corrected chi connectivity index (χ0v) is 12.2. The van der Waals surface area contributed by atoms with E-state index in [0.29, 0.717) is 32.7 Å². The SMILES string of the molecule is CC(C)(C)OC(=O)N1CCN(CCC(=O)C(F)F)CC1. The number of Topliss-reactive ketones (excluding diaryl/α,β-unsaturated/α-hetero) is 1. The predicted molar refractivity (Wildman–Crippen MR) is 69.9 cm³/mol. The van der Waals surface area contributed by atoms with Gasteiger partial charge in [0.25, 0.3) is 6.43 Å². The molecule has 0 aliphatic carbocycles. The molecule has 0 bridgehead atoms. The summed E-state index contributed by atoms with van der Waals surface area (Å²) in [7, 11) is 0. The van der Waals surface area contributed by atoms with E-state index in [0.717, 1.165) is 0 Å². The molecule has 0 aromatic carbocycles. The fourth-order valence-corrected chi connectivity index (χ4v) is 1.86. The Balaban J connectivity index is 2.30. The van der Waals surface area contributed by atoms with Gasteiger partial charge in [0.15, 0.2) is 5.78 Å². The first-order valence-corrected chi connectivity index (χ1v) is 6.70. The molecule has 1 amide bonds. The molecule has 1 aliphatic heterocycles. The van der Waals surface area contributed by atoms with Crippen molar-refractivity contribution in [2.45, 2.75) is 39.2 Å². The van der Waals surface area contributed by atoms with Crippen LogP contribution in [0.3, 0.4) is 0 Å². The van der Waals surface area contributed by atoms with Crippen LogP contribution in [0.2, 0.25) is 0 Å². The number of alkyl halides is 2. The summed E-state index contributed by atoms with van der Waals surface area (Å²) >= 11 is 0. The minimum absolute atomic E-state index is 0.149. The summed E-state index contributed by atoms with van der Waals surface area (Å²) in [5.74, 6) is -1.03. The number of rotatable bonds is 4. The minimum atomic E-state index is -2.89. The van der Waals surface area contributed by atoms with E-state index in [2.05, 4.69) is 0 Å². The summed E-state index contributed by atoms with van der Waals surface area (Å²) < 4.78 is 29.4. The van der Waals surface area contributed by atoms with Gasteiger partial charge in [-0.3, -0.25) is 9.69 Å². The van der Waals surface area contributed by atoms with E-state index in [1.54, 1.807) is 25.7 Å². The quantitative estimate of drug-likeness (QED) is 0.792. The van der Waals surface area contributed by atoms with Crippen LogP contribution in [0.15, 0.2) is 0 Å². The summed E-state index contributed by atoms with van der Waals surface area (Å²) in [6, 6.07) is 0. The molecule has 0 radical (unpaired) electrons. The molecule has 7 heteroatoms. The van der Waals surface area contributed by atoms with Gasteiger partial charge in [-0.25, -0.2) is 13.6 Å². The zero-order valence-electron chi connectivity index (χ0n) is 12.2. The van der Waals surface area contributed by atoms with Crippen LogP contribution in [0.25, 0.3) is 0 Å². The van der Waals surface area contributed by atoms with Crippen molar-refractivity contribution in [1.82, 2.24) is 9.80 Å². The smallest absolute Gasteiger partial charge is 0.410 e. The molecule has 116 valence electrons. The molecule has 1 aliphatic rings. The standard InChI is InChI=1S/C13H22F2N2O3/c1-13(2,3)20-12(19)17-8-6-16(7-9-17)5-4-10(18)11(14)15/h11H,4-9H2,1-3H3. The van der Waals surface area contributed by atoms with Crippen LogP contribution >= 0.6 is 0 Å². The lowest BCUT2D eigenvalue weighted by molar-refractivity contribution is -0.129. The number of ether oxygens (including phenoxy) is 1. The van der Waals surface area contributed by atoms with Gasteiger partial charge in [-0.05, 0) is 20.8 Å².